The van der Waals surface area contributed by atoms with Crippen molar-refractivity contribution in [2.75, 3.05) is 7.11 Å². The first kappa shape index (κ1) is 21.2. The SMILES string of the molecule is COc1ccc(N=C2S/C(=C\c3ccc(Cl)cc3)C(=O)N2[C@@H](C)c2ccccc2)cc1. The zero-order chi connectivity index (χ0) is 21.8. The molecule has 6 heteroatoms. The summed E-state index contributed by atoms with van der Waals surface area (Å²) >= 11 is 7.37. The second-order valence-corrected chi connectivity index (χ2v) is 8.46. The summed E-state index contributed by atoms with van der Waals surface area (Å²) < 4.78 is 5.23. The average molecular weight is 449 g/mol. The van der Waals surface area contributed by atoms with Crippen molar-refractivity contribution < 1.29 is 9.53 Å². The van der Waals surface area contributed by atoms with Gasteiger partial charge in [-0.3, -0.25) is 9.69 Å². The molecule has 31 heavy (non-hydrogen) atoms. The highest BCUT2D eigenvalue weighted by Crippen LogP contribution is 2.39. The molecule has 0 aromatic heterocycles. The van der Waals surface area contributed by atoms with Gasteiger partial charge in [-0.2, -0.15) is 0 Å². The Morgan fingerprint density at radius 1 is 1.00 bits per heavy atom. The van der Waals surface area contributed by atoms with Crippen molar-refractivity contribution in [2.24, 2.45) is 4.99 Å². The number of aliphatic imine (C=N–C) groups is 1. The second kappa shape index (κ2) is 9.41. The van der Waals surface area contributed by atoms with Gasteiger partial charge in [-0.05, 0) is 72.3 Å². The molecule has 0 radical (unpaired) electrons. The van der Waals surface area contributed by atoms with Gasteiger partial charge < -0.3 is 4.74 Å². The Hall–Kier alpha value is -3.02. The Bertz CT molecular complexity index is 1130. The van der Waals surface area contributed by atoms with Gasteiger partial charge in [0.25, 0.3) is 5.91 Å². The standard InChI is InChI=1S/C25H21ClN2O2S/c1-17(19-6-4-3-5-7-19)28-24(29)23(16-18-8-10-20(26)11-9-18)31-25(28)27-21-12-14-22(30-2)15-13-21/h3-17H,1-2H3/b23-16-,27-25?/t17-/m0/s1. The molecule has 0 spiro atoms. The van der Waals surface area contributed by atoms with Gasteiger partial charge in [0.2, 0.25) is 0 Å². The summed E-state index contributed by atoms with van der Waals surface area (Å²) in [6.45, 7) is 2.02. The molecule has 156 valence electrons. The van der Waals surface area contributed by atoms with Gasteiger partial charge >= 0.3 is 0 Å². The van der Waals surface area contributed by atoms with E-state index in [0.29, 0.717) is 15.1 Å². The Kier molecular flexibility index (Phi) is 6.44. The predicted octanol–water partition coefficient (Wildman–Crippen LogP) is 6.71. The maximum absolute atomic E-state index is 13.4. The average Bonchev–Trinajstić information content (AvgIpc) is 3.10. The van der Waals surface area contributed by atoms with Gasteiger partial charge in [-0.1, -0.05) is 54.1 Å². The molecule has 1 saturated heterocycles. The third-order valence-electron chi connectivity index (χ3n) is 4.97. The van der Waals surface area contributed by atoms with E-state index < -0.39 is 0 Å². The van der Waals surface area contributed by atoms with Gasteiger partial charge in [0.1, 0.15) is 5.75 Å². The summed E-state index contributed by atoms with van der Waals surface area (Å²) in [7, 11) is 1.63. The normalized spacial score (nSPS) is 17.4. The van der Waals surface area contributed by atoms with Crippen LogP contribution in [0.3, 0.4) is 0 Å². The van der Waals surface area contributed by atoms with Gasteiger partial charge in [-0.15, -0.1) is 0 Å². The smallest absolute Gasteiger partial charge is 0.267 e. The number of hydrogen-bond donors (Lipinski definition) is 0. The molecule has 4 nitrogen and oxygen atoms in total. The highest BCUT2D eigenvalue weighted by Gasteiger charge is 2.37. The molecule has 1 aliphatic rings. The molecule has 3 aromatic rings. The fraction of sp³-hybridized carbons (Fsp3) is 0.120. The number of amides is 1. The third-order valence-corrected chi connectivity index (χ3v) is 6.21. The molecule has 1 aliphatic heterocycles. The van der Waals surface area contributed by atoms with Crippen LogP contribution in [0.2, 0.25) is 5.02 Å². The predicted molar refractivity (Wildman–Crippen MR) is 129 cm³/mol. The number of methoxy groups -OCH3 is 1. The van der Waals surface area contributed by atoms with E-state index in [0.717, 1.165) is 22.6 Å². The molecule has 1 atom stereocenters. The summed E-state index contributed by atoms with van der Waals surface area (Å²) in [5.74, 6) is 0.695. The van der Waals surface area contributed by atoms with Crippen LogP contribution >= 0.6 is 23.4 Å². The van der Waals surface area contributed by atoms with E-state index in [2.05, 4.69) is 0 Å². The van der Waals surface area contributed by atoms with E-state index in [9.17, 15) is 4.79 Å². The molecule has 3 aromatic carbocycles. The molecule has 1 amide bonds. The molecule has 1 heterocycles. The van der Waals surface area contributed by atoms with Crippen LogP contribution in [0.15, 0.2) is 88.8 Å². The van der Waals surface area contributed by atoms with Crippen LogP contribution < -0.4 is 4.74 Å². The number of halogens is 1. The van der Waals surface area contributed by atoms with Crippen molar-refractivity contribution in [1.82, 2.24) is 4.90 Å². The number of thioether (sulfide) groups is 1. The van der Waals surface area contributed by atoms with Gasteiger partial charge in [-0.25, -0.2) is 4.99 Å². The maximum Gasteiger partial charge on any atom is 0.267 e. The Labute approximate surface area is 191 Å². The molecule has 0 N–H and O–H groups in total. The topological polar surface area (TPSA) is 41.9 Å². The number of carbonyl (C=O) groups is 1. The Balaban J connectivity index is 1.72. The number of carbonyl (C=O) groups excluding carboxylic acids is 1. The number of rotatable bonds is 5. The largest absolute Gasteiger partial charge is 0.497 e. The molecular weight excluding hydrogens is 428 g/mol. The highest BCUT2D eigenvalue weighted by atomic mass is 35.5. The van der Waals surface area contributed by atoms with Crippen molar-refractivity contribution in [3.63, 3.8) is 0 Å². The lowest BCUT2D eigenvalue weighted by Gasteiger charge is -2.24. The minimum absolute atomic E-state index is 0.0661. The first-order valence-corrected chi connectivity index (χ1v) is 11.0. The fourth-order valence-electron chi connectivity index (χ4n) is 3.26. The summed E-state index contributed by atoms with van der Waals surface area (Å²) in [6, 6.07) is 24.7. The van der Waals surface area contributed by atoms with E-state index in [1.807, 2.05) is 91.9 Å². The van der Waals surface area contributed by atoms with Crippen molar-refractivity contribution in [2.45, 2.75) is 13.0 Å². The number of nitrogens with zero attached hydrogens (tertiary/aromatic N) is 2. The van der Waals surface area contributed by atoms with Crippen molar-refractivity contribution >= 4 is 46.2 Å². The highest BCUT2D eigenvalue weighted by molar-refractivity contribution is 8.18. The molecular formula is C25H21ClN2O2S. The maximum atomic E-state index is 13.4. The van der Waals surface area contributed by atoms with E-state index >= 15 is 0 Å². The summed E-state index contributed by atoms with van der Waals surface area (Å²) in [4.78, 5) is 20.6. The van der Waals surface area contributed by atoms with Crippen molar-refractivity contribution in [3.05, 3.63) is 99.9 Å². The minimum atomic E-state index is -0.158. The van der Waals surface area contributed by atoms with Crippen LogP contribution in [0.5, 0.6) is 5.75 Å². The van der Waals surface area contributed by atoms with Crippen LogP contribution in [0.1, 0.15) is 24.1 Å². The Morgan fingerprint density at radius 3 is 2.32 bits per heavy atom. The quantitative estimate of drug-likeness (QED) is 0.407. The lowest BCUT2D eigenvalue weighted by molar-refractivity contribution is -0.123. The van der Waals surface area contributed by atoms with Crippen LogP contribution in [-0.4, -0.2) is 23.1 Å². The number of amidine groups is 1. The van der Waals surface area contributed by atoms with Gasteiger partial charge in [0.15, 0.2) is 5.17 Å². The zero-order valence-corrected chi connectivity index (χ0v) is 18.7. The summed E-state index contributed by atoms with van der Waals surface area (Å²) in [5.41, 5.74) is 2.72. The van der Waals surface area contributed by atoms with Crippen LogP contribution in [-0.2, 0) is 4.79 Å². The minimum Gasteiger partial charge on any atom is -0.497 e. The zero-order valence-electron chi connectivity index (χ0n) is 17.2. The second-order valence-electron chi connectivity index (χ2n) is 7.02. The Morgan fingerprint density at radius 2 is 1.68 bits per heavy atom. The molecule has 0 aliphatic carbocycles. The van der Waals surface area contributed by atoms with E-state index in [1.165, 1.54) is 11.8 Å². The lowest BCUT2D eigenvalue weighted by atomic mass is 10.1. The molecule has 1 fully saturated rings. The summed E-state index contributed by atoms with van der Waals surface area (Å²) in [6.07, 6.45) is 1.88. The first-order chi connectivity index (χ1) is 15.0. The van der Waals surface area contributed by atoms with Gasteiger partial charge in [0, 0.05) is 5.02 Å². The fourth-order valence-corrected chi connectivity index (χ4v) is 4.46. The number of hydrogen-bond acceptors (Lipinski definition) is 4. The number of ether oxygens (including phenoxy) is 1. The monoisotopic (exact) mass is 448 g/mol. The van der Waals surface area contributed by atoms with Crippen LogP contribution in [0.25, 0.3) is 6.08 Å². The van der Waals surface area contributed by atoms with Crippen molar-refractivity contribution in [1.29, 1.82) is 0 Å². The first-order valence-electron chi connectivity index (χ1n) is 9.81. The van der Waals surface area contributed by atoms with Gasteiger partial charge in [0.05, 0.1) is 23.7 Å². The molecule has 0 saturated carbocycles. The van der Waals surface area contributed by atoms with Crippen LogP contribution in [0, 0.1) is 0 Å². The molecule has 4 rings (SSSR count). The van der Waals surface area contributed by atoms with E-state index in [1.54, 1.807) is 12.0 Å². The number of benzene rings is 3. The van der Waals surface area contributed by atoms with E-state index in [4.69, 9.17) is 21.3 Å². The van der Waals surface area contributed by atoms with E-state index in [-0.39, 0.29) is 11.9 Å². The van der Waals surface area contributed by atoms with Crippen LogP contribution in [0.4, 0.5) is 5.69 Å². The molecule has 0 unspecified atom stereocenters. The third kappa shape index (κ3) is 4.84. The van der Waals surface area contributed by atoms with Crippen molar-refractivity contribution in [3.8, 4) is 5.75 Å². The lowest BCUT2D eigenvalue weighted by Crippen LogP contribution is -2.32. The summed E-state index contributed by atoms with van der Waals surface area (Å²) in [5, 5.41) is 1.31. The molecule has 0 bridgehead atoms.